The van der Waals surface area contributed by atoms with Gasteiger partial charge in [-0.3, -0.25) is 0 Å². The van der Waals surface area contributed by atoms with Crippen molar-refractivity contribution in [3.8, 4) is 35.2 Å². The van der Waals surface area contributed by atoms with E-state index < -0.39 is 0 Å². The van der Waals surface area contributed by atoms with Crippen LogP contribution in [0, 0.1) is 35.5 Å². The van der Waals surface area contributed by atoms with Crippen LogP contribution >= 0.6 is 0 Å². The molecule has 7 aliphatic rings. The largest absolute Gasteiger partial charge is 0.494 e. The van der Waals surface area contributed by atoms with Gasteiger partial charge >= 0.3 is 0 Å². The normalized spacial score (nSPS) is 27.4. The lowest BCUT2D eigenvalue weighted by atomic mass is 9.40. The smallest absolute Gasteiger partial charge is 0.135 e. The maximum absolute atomic E-state index is 6.34. The summed E-state index contributed by atoms with van der Waals surface area (Å²) in [6.45, 7) is 9.53. The molecular weight excluding hydrogens is 717 g/mol. The van der Waals surface area contributed by atoms with Gasteiger partial charge in [-0.2, -0.15) is 0 Å². The minimum Gasteiger partial charge on any atom is -0.494 e. The summed E-state index contributed by atoms with van der Waals surface area (Å²) in [5, 5.41) is 0. The van der Waals surface area contributed by atoms with Crippen LogP contribution in [0.5, 0.6) is 11.5 Å². The third kappa shape index (κ3) is 4.36. The van der Waals surface area contributed by atoms with Crippen LogP contribution in [-0.2, 0) is 17.3 Å². The van der Waals surface area contributed by atoms with E-state index in [-0.39, 0.29) is 64.2 Å². The van der Waals surface area contributed by atoms with Crippen molar-refractivity contribution in [1.82, 2.24) is 0 Å². The molecule has 6 atom stereocenters. The van der Waals surface area contributed by atoms with E-state index in [1.807, 2.05) is 6.92 Å². The van der Waals surface area contributed by atoms with Crippen molar-refractivity contribution in [3.05, 3.63) is 187 Å². The lowest BCUT2D eigenvalue weighted by Gasteiger charge is -2.61. The molecule has 0 aromatic heterocycles. The minimum absolute atomic E-state index is 0. The van der Waals surface area contributed by atoms with Crippen LogP contribution in [0.2, 0.25) is 0 Å². The van der Waals surface area contributed by atoms with Crippen molar-refractivity contribution in [2.24, 2.45) is 11.8 Å². The fourth-order valence-corrected chi connectivity index (χ4v) is 13.2. The molecule has 0 saturated heterocycles. The molecule has 12 rings (SSSR count). The van der Waals surface area contributed by atoms with Crippen molar-refractivity contribution < 1.29 is 9.47 Å². The highest BCUT2D eigenvalue weighted by Gasteiger charge is 2.77. The van der Waals surface area contributed by atoms with Crippen LogP contribution < -0.4 is 9.47 Å². The summed E-state index contributed by atoms with van der Waals surface area (Å²) in [4.78, 5) is 0. The monoisotopic (exact) mass is 774 g/mol. The fraction of sp³-hybridized carbons (Fsp3) is 0.333. The quantitative estimate of drug-likeness (QED) is 0.131. The van der Waals surface area contributed by atoms with E-state index in [9.17, 15) is 0 Å². The van der Waals surface area contributed by atoms with Crippen molar-refractivity contribution in [2.75, 3.05) is 13.2 Å². The maximum Gasteiger partial charge on any atom is 0.135 e. The summed E-state index contributed by atoms with van der Waals surface area (Å²) in [6, 6.07) is 41.4. The molecule has 0 amide bonds. The Bertz CT molecular complexity index is 2620. The lowest BCUT2D eigenvalue weighted by Crippen LogP contribution is -2.54. The third-order valence-electron chi connectivity index (χ3n) is 14.6. The topological polar surface area (TPSA) is 18.5 Å². The molecule has 0 fully saturated rings. The molecular formula is C57H58O2. The molecule has 59 heavy (non-hydrogen) atoms. The molecule has 0 aliphatic heterocycles. The van der Waals surface area contributed by atoms with Crippen LogP contribution in [0.15, 0.2) is 131 Å². The second-order valence-electron chi connectivity index (χ2n) is 16.3. The molecule has 0 heterocycles. The first-order chi connectivity index (χ1) is 27.2. The first-order valence-electron chi connectivity index (χ1n) is 20.4. The van der Waals surface area contributed by atoms with Crippen LogP contribution in [0.1, 0.15) is 137 Å². The Balaban J connectivity index is 0.00000121. The van der Waals surface area contributed by atoms with E-state index in [1.165, 1.54) is 55.7 Å². The number of ether oxygens (including phenoxy) is 2. The third-order valence-corrected chi connectivity index (χ3v) is 14.6. The number of hydrogen-bond acceptors (Lipinski definition) is 2. The Hall–Kier alpha value is -5.70. The summed E-state index contributed by atoms with van der Waals surface area (Å²) >= 11 is 0. The highest BCUT2D eigenvalue weighted by Crippen LogP contribution is 2.85. The summed E-state index contributed by atoms with van der Waals surface area (Å²) < 4.78 is 12.6. The number of aryl methyl sites for hydroxylation is 1. The zero-order valence-electron chi connectivity index (χ0n) is 31.8. The maximum atomic E-state index is 6.34. The van der Waals surface area contributed by atoms with Gasteiger partial charge in [0.15, 0.2) is 0 Å². The van der Waals surface area contributed by atoms with Crippen LogP contribution in [0.4, 0.5) is 0 Å². The Morgan fingerprint density at radius 1 is 0.492 bits per heavy atom. The van der Waals surface area contributed by atoms with E-state index in [1.54, 1.807) is 11.1 Å². The Labute approximate surface area is 353 Å². The summed E-state index contributed by atoms with van der Waals surface area (Å²) in [7, 11) is 0. The molecule has 5 aromatic carbocycles. The highest BCUT2D eigenvalue weighted by molar-refractivity contribution is 5.85. The Kier molecular flexibility index (Phi) is 9.49. The average Bonchev–Trinajstić information content (AvgIpc) is 3.55. The molecule has 2 spiro atoms. The van der Waals surface area contributed by atoms with Gasteiger partial charge in [0.2, 0.25) is 0 Å². The molecule has 2 heteroatoms. The van der Waals surface area contributed by atoms with Gasteiger partial charge in [0.25, 0.3) is 0 Å². The molecule has 5 aromatic rings. The van der Waals surface area contributed by atoms with Gasteiger partial charge in [0.1, 0.15) is 11.5 Å². The van der Waals surface area contributed by atoms with Crippen molar-refractivity contribution >= 4 is 0 Å². The molecule has 0 bridgehead atoms. The van der Waals surface area contributed by atoms with E-state index in [0.717, 1.165) is 29.0 Å². The van der Waals surface area contributed by atoms with Gasteiger partial charge in [0, 0.05) is 34.5 Å². The van der Waals surface area contributed by atoms with Gasteiger partial charge in [-0.05, 0) is 112 Å². The van der Waals surface area contributed by atoms with Crippen molar-refractivity contribution in [2.45, 2.75) is 98.3 Å². The van der Waals surface area contributed by atoms with Crippen LogP contribution in [-0.4, -0.2) is 13.2 Å². The lowest BCUT2D eigenvalue weighted by molar-refractivity contribution is 0.301. The second-order valence-corrected chi connectivity index (χ2v) is 16.3. The van der Waals surface area contributed by atoms with E-state index in [4.69, 9.17) is 9.47 Å². The van der Waals surface area contributed by atoms with Crippen molar-refractivity contribution in [1.29, 1.82) is 0 Å². The Morgan fingerprint density at radius 2 is 0.864 bits per heavy atom. The Morgan fingerprint density at radius 3 is 1.24 bits per heavy atom. The number of hydrogen-bond donors (Lipinski definition) is 0. The molecule has 6 unspecified atom stereocenters. The fourth-order valence-electron chi connectivity index (χ4n) is 13.2. The number of benzene rings is 5. The van der Waals surface area contributed by atoms with E-state index in [2.05, 4.69) is 154 Å². The molecule has 2 nitrogen and oxygen atoms in total. The molecule has 7 aliphatic carbocycles. The van der Waals surface area contributed by atoms with Crippen LogP contribution in [0.25, 0.3) is 0 Å². The number of rotatable bonds is 5. The van der Waals surface area contributed by atoms with Gasteiger partial charge in [-0.1, -0.05) is 151 Å². The first kappa shape index (κ1) is 40.1. The van der Waals surface area contributed by atoms with E-state index in [0.29, 0.717) is 25.0 Å². The zero-order chi connectivity index (χ0) is 36.8. The summed E-state index contributed by atoms with van der Waals surface area (Å²) in [5.41, 5.74) is 20.0. The summed E-state index contributed by atoms with van der Waals surface area (Å²) in [6.07, 6.45) is 0.869. The van der Waals surface area contributed by atoms with E-state index >= 15 is 0 Å². The second kappa shape index (κ2) is 14.0. The SMILES string of the molecule is C.C.C.C.CC#CC1C2=C(C(C#Cc3cc(OCC)c(CC)cc3OCC)C3=C1C1c4ccccc4C14c1ccccc1C34)C1c3ccccc3C13c1ccccc1C23. The van der Waals surface area contributed by atoms with Crippen molar-refractivity contribution in [3.63, 3.8) is 0 Å². The number of allylic oxidation sites excluding steroid dienone is 4. The molecule has 0 radical (unpaired) electrons. The van der Waals surface area contributed by atoms with Gasteiger partial charge in [-0.15, -0.1) is 5.92 Å². The average molecular weight is 775 g/mol. The number of fused-ring (bicyclic) bond motifs is 12. The zero-order valence-corrected chi connectivity index (χ0v) is 31.8. The molecule has 298 valence electrons. The highest BCUT2D eigenvalue weighted by atomic mass is 16.5. The molecule has 0 saturated carbocycles. The van der Waals surface area contributed by atoms with Gasteiger partial charge in [0.05, 0.1) is 30.6 Å². The van der Waals surface area contributed by atoms with Crippen LogP contribution in [0.3, 0.4) is 0 Å². The predicted molar refractivity (Wildman–Crippen MR) is 245 cm³/mol. The summed E-state index contributed by atoms with van der Waals surface area (Å²) in [5.74, 6) is 18.3. The molecule has 0 N–H and O–H groups in total. The first-order valence-corrected chi connectivity index (χ1v) is 20.4. The van der Waals surface area contributed by atoms with Gasteiger partial charge < -0.3 is 9.47 Å². The standard InChI is InChI=1S/C53H42O2.4CH4/c1-5-17-36-44-46(50-34-20-11-15-24-40(34)52(50)38-22-13-9-18-32(38)48(44)52)37(27-26-31-29-42(54-7-3)30(6-2)28-43(31)55-8-4)47-45(36)49-33-19-10-14-23-39(33)53(49)41-25-16-12-21-35(41)51(47)53;;;;/h9-16,18-25,28-29,36-37,48-51H,6-8H2,1-4H3;4*1H4. The van der Waals surface area contributed by atoms with Gasteiger partial charge in [-0.25, -0.2) is 0 Å². The predicted octanol–water partition coefficient (Wildman–Crippen LogP) is 13.2. The minimum atomic E-state index is -0.0568.